The molecule has 0 spiro atoms. The van der Waals surface area contributed by atoms with Gasteiger partial charge in [-0.15, -0.1) is 0 Å². The number of nitrogens with two attached hydrogens (primary N) is 1. The molecule has 1 aromatic heterocycles. The number of pyridine rings is 1. The Morgan fingerprint density at radius 1 is 1.09 bits per heavy atom. The number of ether oxygens (including phenoxy) is 3. The number of rotatable bonds is 5. The van der Waals surface area contributed by atoms with Gasteiger partial charge in [0.1, 0.15) is 17.1 Å². The highest BCUT2D eigenvalue weighted by Gasteiger charge is 2.38. The summed E-state index contributed by atoms with van der Waals surface area (Å²) in [5.74, 6) is -0.589. The fraction of sp³-hybridized carbons (Fsp3) is 0.200. The number of hydrogen-bond donors (Lipinski definition) is 1. The van der Waals surface area contributed by atoms with E-state index in [0.717, 1.165) is 11.3 Å². The molecule has 2 aromatic carbocycles. The maximum atomic E-state index is 13.8. The van der Waals surface area contributed by atoms with Gasteiger partial charge in [-0.3, -0.25) is 4.79 Å². The fourth-order valence-electron chi connectivity index (χ4n) is 4.01. The number of methoxy groups -OCH3 is 2. The molecule has 0 aliphatic carbocycles. The normalized spacial score (nSPS) is 15.0. The lowest BCUT2D eigenvalue weighted by molar-refractivity contribution is -0.136. The van der Waals surface area contributed by atoms with Crippen LogP contribution in [0.15, 0.2) is 76.9 Å². The van der Waals surface area contributed by atoms with E-state index in [0.29, 0.717) is 29.2 Å². The molecular formula is C25H24N2O5. The molecule has 0 saturated carbocycles. The van der Waals surface area contributed by atoms with E-state index in [1.165, 1.54) is 7.11 Å². The monoisotopic (exact) mass is 432 g/mol. The van der Waals surface area contributed by atoms with Crippen molar-refractivity contribution in [3.05, 3.63) is 105 Å². The number of carbonyl (C=O) groups excluding carboxylic acids is 1. The van der Waals surface area contributed by atoms with E-state index in [1.807, 2.05) is 43.3 Å². The standard InChI is InChI=1S/C25H24N2O5/c1-15-12-19-21(24(28)27(15)14-16-8-5-4-6-9-16)20(17-10-7-11-18(13-17)30-2)22(23(26)32-19)25(29)31-3/h4-13,20H,14,26H2,1-3H3/t20-/m1/s1. The predicted molar refractivity (Wildman–Crippen MR) is 120 cm³/mol. The van der Waals surface area contributed by atoms with E-state index >= 15 is 0 Å². The highest BCUT2D eigenvalue weighted by molar-refractivity contribution is 5.92. The van der Waals surface area contributed by atoms with Crippen molar-refractivity contribution in [2.24, 2.45) is 5.73 Å². The minimum Gasteiger partial charge on any atom is -0.497 e. The lowest BCUT2D eigenvalue weighted by Crippen LogP contribution is -2.35. The molecule has 32 heavy (non-hydrogen) atoms. The van der Waals surface area contributed by atoms with E-state index in [2.05, 4.69) is 0 Å². The predicted octanol–water partition coefficient (Wildman–Crippen LogP) is 3.08. The molecule has 1 aliphatic rings. The number of carbonyl (C=O) groups is 1. The third-order valence-electron chi connectivity index (χ3n) is 5.59. The van der Waals surface area contributed by atoms with Gasteiger partial charge in [0.05, 0.1) is 32.2 Å². The zero-order valence-electron chi connectivity index (χ0n) is 18.1. The number of nitrogens with zero attached hydrogens (tertiary/aromatic N) is 1. The summed E-state index contributed by atoms with van der Waals surface area (Å²) in [6, 6.07) is 18.6. The van der Waals surface area contributed by atoms with Crippen molar-refractivity contribution in [1.82, 2.24) is 4.57 Å². The largest absolute Gasteiger partial charge is 0.497 e. The molecule has 164 valence electrons. The lowest BCUT2D eigenvalue weighted by atomic mass is 9.83. The zero-order chi connectivity index (χ0) is 22.8. The van der Waals surface area contributed by atoms with Gasteiger partial charge in [0.15, 0.2) is 0 Å². The summed E-state index contributed by atoms with van der Waals surface area (Å²) in [7, 11) is 2.82. The van der Waals surface area contributed by atoms with Gasteiger partial charge in [0, 0.05) is 11.8 Å². The molecule has 0 unspecified atom stereocenters. The minimum absolute atomic E-state index is 0.0838. The first-order chi connectivity index (χ1) is 15.4. The van der Waals surface area contributed by atoms with Gasteiger partial charge < -0.3 is 24.5 Å². The first-order valence-corrected chi connectivity index (χ1v) is 10.1. The number of hydrogen-bond acceptors (Lipinski definition) is 6. The highest BCUT2D eigenvalue weighted by atomic mass is 16.5. The number of esters is 1. The molecule has 1 aliphatic heterocycles. The Morgan fingerprint density at radius 3 is 2.53 bits per heavy atom. The molecule has 0 saturated heterocycles. The van der Waals surface area contributed by atoms with Crippen LogP contribution in [0.25, 0.3) is 0 Å². The molecule has 1 atom stereocenters. The minimum atomic E-state index is -0.767. The van der Waals surface area contributed by atoms with Crippen molar-refractivity contribution in [2.45, 2.75) is 19.4 Å². The van der Waals surface area contributed by atoms with Crippen LogP contribution in [0.4, 0.5) is 0 Å². The van der Waals surface area contributed by atoms with Gasteiger partial charge in [-0.05, 0) is 30.2 Å². The van der Waals surface area contributed by atoms with Gasteiger partial charge in [-0.1, -0.05) is 42.5 Å². The van der Waals surface area contributed by atoms with Crippen LogP contribution in [0.5, 0.6) is 11.5 Å². The van der Waals surface area contributed by atoms with Crippen LogP contribution in [0.2, 0.25) is 0 Å². The third kappa shape index (κ3) is 3.73. The first-order valence-electron chi connectivity index (χ1n) is 10.1. The third-order valence-corrected chi connectivity index (χ3v) is 5.59. The Morgan fingerprint density at radius 2 is 1.84 bits per heavy atom. The van der Waals surface area contributed by atoms with Crippen LogP contribution < -0.4 is 20.8 Å². The summed E-state index contributed by atoms with van der Waals surface area (Å²) in [5.41, 5.74) is 8.67. The number of benzene rings is 2. The summed E-state index contributed by atoms with van der Waals surface area (Å²) >= 11 is 0. The number of aryl methyl sites for hydroxylation is 1. The second-order valence-electron chi connectivity index (χ2n) is 7.52. The SMILES string of the molecule is COC(=O)C1=C(N)Oc2cc(C)n(Cc3ccccc3)c(=O)c2[C@H]1c1cccc(OC)c1. The van der Waals surface area contributed by atoms with E-state index in [4.69, 9.17) is 19.9 Å². The van der Waals surface area contributed by atoms with E-state index < -0.39 is 11.9 Å². The molecule has 4 rings (SSSR count). The number of fused-ring (bicyclic) bond motifs is 1. The highest BCUT2D eigenvalue weighted by Crippen LogP contribution is 2.42. The quantitative estimate of drug-likeness (QED) is 0.623. The molecule has 7 nitrogen and oxygen atoms in total. The Balaban J connectivity index is 1.95. The Hall–Kier alpha value is -4.00. The summed E-state index contributed by atoms with van der Waals surface area (Å²) < 4.78 is 17.8. The Bertz CT molecular complexity index is 1260. The Kier molecular flexibility index (Phi) is 5.73. The Labute approximate surface area is 185 Å². The molecule has 7 heteroatoms. The second kappa shape index (κ2) is 8.63. The van der Waals surface area contributed by atoms with Crippen LogP contribution in [0.3, 0.4) is 0 Å². The summed E-state index contributed by atoms with van der Waals surface area (Å²) in [6.07, 6.45) is 0. The second-order valence-corrected chi connectivity index (χ2v) is 7.52. The van der Waals surface area contributed by atoms with Crippen molar-refractivity contribution < 1.29 is 19.0 Å². The smallest absolute Gasteiger partial charge is 0.340 e. The van der Waals surface area contributed by atoms with Crippen molar-refractivity contribution in [3.8, 4) is 11.5 Å². The van der Waals surface area contributed by atoms with Gasteiger partial charge in [0.2, 0.25) is 5.88 Å². The van der Waals surface area contributed by atoms with Crippen LogP contribution >= 0.6 is 0 Å². The number of aromatic nitrogens is 1. The first kappa shape index (κ1) is 21.2. The average molecular weight is 432 g/mol. The molecule has 0 fully saturated rings. The molecule has 0 bridgehead atoms. The molecule has 2 heterocycles. The van der Waals surface area contributed by atoms with Crippen molar-refractivity contribution >= 4 is 5.97 Å². The summed E-state index contributed by atoms with van der Waals surface area (Å²) in [6.45, 7) is 2.22. The van der Waals surface area contributed by atoms with E-state index in [9.17, 15) is 9.59 Å². The zero-order valence-corrected chi connectivity index (χ0v) is 18.1. The van der Waals surface area contributed by atoms with Gasteiger partial charge in [0.25, 0.3) is 5.56 Å². The molecule has 0 radical (unpaired) electrons. The maximum absolute atomic E-state index is 13.8. The van der Waals surface area contributed by atoms with Crippen molar-refractivity contribution in [2.75, 3.05) is 14.2 Å². The van der Waals surface area contributed by atoms with E-state index in [-0.39, 0.29) is 17.0 Å². The molecule has 0 amide bonds. The fourth-order valence-corrected chi connectivity index (χ4v) is 4.01. The molecular weight excluding hydrogens is 408 g/mol. The van der Waals surface area contributed by atoms with Crippen molar-refractivity contribution in [1.29, 1.82) is 0 Å². The maximum Gasteiger partial charge on any atom is 0.340 e. The average Bonchev–Trinajstić information content (AvgIpc) is 2.81. The molecule has 2 N–H and O–H groups in total. The van der Waals surface area contributed by atoms with Crippen LogP contribution in [0.1, 0.15) is 28.3 Å². The van der Waals surface area contributed by atoms with E-state index in [1.54, 1.807) is 35.9 Å². The lowest BCUT2D eigenvalue weighted by Gasteiger charge is -2.29. The topological polar surface area (TPSA) is 92.8 Å². The summed E-state index contributed by atoms with van der Waals surface area (Å²) in [4.78, 5) is 26.5. The van der Waals surface area contributed by atoms with Gasteiger partial charge in [-0.25, -0.2) is 4.79 Å². The summed E-state index contributed by atoms with van der Waals surface area (Å²) in [5, 5.41) is 0. The van der Waals surface area contributed by atoms with Crippen LogP contribution in [-0.4, -0.2) is 24.8 Å². The van der Waals surface area contributed by atoms with Gasteiger partial charge >= 0.3 is 5.97 Å². The van der Waals surface area contributed by atoms with Crippen molar-refractivity contribution in [3.63, 3.8) is 0 Å². The molecule has 3 aromatic rings. The van der Waals surface area contributed by atoms with Crippen LogP contribution in [0, 0.1) is 6.92 Å². The van der Waals surface area contributed by atoms with Gasteiger partial charge in [-0.2, -0.15) is 0 Å². The van der Waals surface area contributed by atoms with Crippen LogP contribution in [-0.2, 0) is 16.1 Å².